The van der Waals surface area contributed by atoms with Gasteiger partial charge < -0.3 is 5.32 Å². The summed E-state index contributed by atoms with van der Waals surface area (Å²) in [5, 5.41) is 13.9. The molecule has 0 saturated carbocycles. The Morgan fingerprint density at radius 2 is 1.83 bits per heavy atom. The predicted molar refractivity (Wildman–Crippen MR) is 92.1 cm³/mol. The molecule has 0 radical (unpaired) electrons. The molecule has 0 fully saturated rings. The van der Waals surface area contributed by atoms with Gasteiger partial charge >= 0.3 is 0 Å². The molecule has 1 atom stereocenters. The first kappa shape index (κ1) is 16.2. The van der Waals surface area contributed by atoms with E-state index in [0.29, 0.717) is 0 Å². The Morgan fingerprint density at radius 3 is 2.58 bits per heavy atom. The number of hydrogen-bond donors (Lipinski definition) is 1. The van der Waals surface area contributed by atoms with Gasteiger partial charge in [0.25, 0.3) is 11.6 Å². The van der Waals surface area contributed by atoms with Crippen LogP contribution in [0.5, 0.6) is 0 Å². The molecule has 1 aliphatic carbocycles. The molecular weight excluding hydrogens is 304 g/mol. The maximum atomic E-state index is 12.4. The highest BCUT2D eigenvalue weighted by Gasteiger charge is 2.21. The van der Waals surface area contributed by atoms with Crippen molar-refractivity contribution in [2.24, 2.45) is 0 Å². The lowest BCUT2D eigenvalue weighted by molar-refractivity contribution is -0.385. The predicted octanol–water partition coefficient (Wildman–Crippen LogP) is 3.96. The van der Waals surface area contributed by atoms with E-state index in [0.717, 1.165) is 18.4 Å². The van der Waals surface area contributed by atoms with Gasteiger partial charge in [-0.3, -0.25) is 14.9 Å². The number of hydrogen-bond acceptors (Lipinski definition) is 3. The SMILES string of the molecule is CC(NC(=O)c1ccccc1[N+](=O)[O-])c1ccc2c(c1)CCCC2. The highest BCUT2D eigenvalue weighted by molar-refractivity contribution is 5.98. The highest BCUT2D eigenvalue weighted by Crippen LogP contribution is 2.25. The molecule has 0 spiro atoms. The largest absolute Gasteiger partial charge is 0.345 e. The second-order valence-corrected chi connectivity index (χ2v) is 6.20. The Morgan fingerprint density at radius 1 is 1.12 bits per heavy atom. The minimum Gasteiger partial charge on any atom is -0.345 e. The van der Waals surface area contributed by atoms with Gasteiger partial charge in [0.05, 0.1) is 11.0 Å². The number of nitrogens with one attached hydrogen (secondary N) is 1. The van der Waals surface area contributed by atoms with Gasteiger partial charge in [0.15, 0.2) is 0 Å². The van der Waals surface area contributed by atoms with Crippen LogP contribution in [-0.4, -0.2) is 10.8 Å². The summed E-state index contributed by atoms with van der Waals surface area (Å²) in [6.07, 6.45) is 4.63. The first-order valence-corrected chi connectivity index (χ1v) is 8.22. The molecule has 0 aliphatic heterocycles. The molecule has 1 unspecified atom stereocenters. The normalized spacial score (nSPS) is 14.5. The van der Waals surface area contributed by atoms with E-state index in [2.05, 4.69) is 17.4 Å². The summed E-state index contributed by atoms with van der Waals surface area (Å²) in [6, 6.07) is 12.1. The Bertz CT molecular complexity index is 786. The number of nitro benzene ring substituents is 1. The Kier molecular flexibility index (Phi) is 4.60. The van der Waals surface area contributed by atoms with E-state index in [4.69, 9.17) is 0 Å². The monoisotopic (exact) mass is 324 g/mol. The van der Waals surface area contributed by atoms with E-state index in [-0.39, 0.29) is 17.3 Å². The van der Waals surface area contributed by atoms with Crippen LogP contribution in [0.2, 0.25) is 0 Å². The van der Waals surface area contributed by atoms with E-state index < -0.39 is 10.8 Å². The van der Waals surface area contributed by atoms with Gasteiger partial charge in [-0.05, 0) is 55.4 Å². The van der Waals surface area contributed by atoms with Crippen molar-refractivity contribution in [2.75, 3.05) is 0 Å². The lowest BCUT2D eigenvalue weighted by Crippen LogP contribution is -2.27. The van der Waals surface area contributed by atoms with Crippen LogP contribution in [0.15, 0.2) is 42.5 Å². The van der Waals surface area contributed by atoms with E-state index in [1.807, 2.05) is 13.0 Å². The Balaban J connectivity index is 1.78. The number of para-hydroxylation sites is 1. The summed E-state index contributed by atoms with van der Waals surface area (Å²) in [5.41, 5.74) is 3.69. The number of nitro groups is 1. The van der Waals surface area contributed by atoms with Gasteiger partial charge in [-0.1, -0.05) is 30.3 Å². The fraction of sp³-hybridized carbons (Fsp3) is 0.316. The molecule has 5 nitrogen and oxygen atoms in total. The summed E-state index contributed by atoms with van der Waals surface area (Å²) in [5.74, 6) is -0.424. The van der Waals surface area contributed by atoms with Gasteiger partial charge in [0.1, 0.15) is 5.56 Å². The molecule has 1 N–H and O–H groups in total. The van der Waals surface area contributed by atoms with Crippen molar-refractivity contribution < 1.29 is 9.72 Å². The van der Waals surface area contributed by atoms with Crippen molar-refractivity contribution in [2.45, 2.75) is 38.6 Å². The van der Waals surface area contributed by atoms with Crippen molar-refractivity contribution in [3.05, 3.63) is 74.8 Å². The van der Waals surface area contributed by atoms with Crippen LogP contribution in [-0.2, 0) is 12.8 Å². The summed E-state index contributed by atoms with van der Waals surface area (Å²) in [4.78, 5) is 23.0. The molecule has 2 aromatic rings. The van der Waals surface area contributed by atoms with Gasteiger partial charge in [-0.2, -0.15) is 0 Å². The maximum absolute atomic E-state index is 12.4. The Labute approximate surface area is 140 Å². The number of nitrogens with zero attached hydrogens (tertiary/aromatic N) is 1. The van der Waals surface area contributed by atoms with Crippen molar-refractivity contribution in [1.82, 2.24) is 5.32 Å². The number of aryl methyl sites for hydroxylation is 2. The molecule has 24 heavy (non-hydrogen) atoms. The zero-order valence-electron chi connectivity index (χ0n) is 13.6. The minimum atomic E-state index is -0.529. The molecule has 124 valence electrons. The van der Waals surface area contributed by atoms with E-state index in [9.17, 15) is 14.9 Å². The Hall–Kier alpha value is -2.69. The molecule has 1 amide bonds. The van der Waals surface area contributed by atoms with E-state index in [1.165, 1.54) is 36.1 Å². The quantitative estimate of drug-likeness (QED) is 0.683. The van der Waals surface area contributed by atoms with Crippen LogP contribution < -0.4 is 5.32 Å². The zero-order chi connectivity index (χ0) is 17.1. The molecule has 0 saturated heterocycles. The fourth-order valence-corrected chi connectivity index (χ4v) is 3.21. The molecule has 0 bridgehead atoms. The molecule has 1 aliphatic rings. The third kappa shape index (κ3) is 3.30. The van der Waals surface area contributed by atoms with E-state index >= 15 is 0 Å². The zero-order valence-corrected chi connectivity index (χ0v) is 13.6. The molecule has 0 heterocycles. The average molecular weight is 324 g/mol. The number of carbonyl (C=O) groups excluding carboxylic acids is 1. The van der Waals surface area contributed by atoms with E-state index in [1.54, 1.807) is 12.1 Å². The molecule has 3 rings (SSSR count). The molecular formula is C19H20N2O3. The maximum Gasteiger partial charge on any atom is 0.282 e. The van der Waals surface area contributed by atoms with Gasteiger partial charge in [0.2, 0.25) is 0 Å². The number of fused-ring (bicyclic) bond motifs is 1. The molecule has 2 aromatic carbocycles. The minimum absolute atomic E-state index is 0.0901. The van der Waals surface area contributed by atoms with Crippen LogP contribution in [0.3, 0.4) is 0 Å². The number of benzene rings is 2. The first-order chi connectivity index (χ1) is 11.6. The summed E-state index contributed by atoms with van der Waals surface area (Å²) < 4.78 is 0. The van der Waals surface area contributed by atoms with Crippen LogP contribution in [0.25, 0.3) is 0 Å². The van der Waals surface area contributed by atoms with Crippen LogP contribution >= 0.6 is 0 Å². The second kappa shape index (κ2) is 6.83. The molecule has 5 heteroatoms. The third-order valence-electron chi connectivity index (χ3n) is 4.57. The lowest BCUT2D eigenvalue weighted by Gasteiger charge is -2.20. The first-order valence-electron chi connectivity index (χ1n) is 8.22. The van der Waals surface area contributed by atoms with Crippen molar-refractivity contribution >= 4 is 11.6 Å². The third-order valence-corrected chi connectivity index (χ3v) is 4.57. The lowest BCUT2D eigenvalue weighted by atomic mass is 9.89. The van der Waals surface area contributed by atoms with Crippen molar-refractivity contribution in [3.63, 3.8) is 0 Å². The smallest absolute Gasteiger partial charge is 0.282 e. The topological polar surface area (TPSA) is 72.2 Å². The van der Waals surface area contributed by atoms with Gasteiger partial charge in [-0.15, -0.1) is 0 Å². The van der Waals surface area contributed by atoms with Crippen molar-refractivity contribution in [3.8, 4) is 0 Å². The van der Waals surface area contributed by atoms with Gasteiger partial charge in [-0.25, -0.2) is 0 Å². The summed E-state index contributed by atoms with van der Waals surface area (Å²) in [7, 11) is 0. The average Bonchev–Trinajstić information content (AvgIpc) is 2.61. The fourth-order valence-electron chi connectivity index (χ4n) is 3.21. The standard InChI is InChI=1S/C19H20N2O3/c1-13(15-11-10-14-6-2-3-7-16(14)12-15)20-19(22)17-8-4-5-9-18(17)21(23)24/h4-5,8-13H,2-3,6-7H2,1H3,(H,20,22). The number of rotatable bonds is 4. The highest BCUT2D eigenvalue weighted by atomic mass is 16.6. The van der Waals surface area contributed by atoms with Crippen molar-refractivity contribution in [1.29, 1.82) is 0 Å². The number of carbonyl (C=O) groups is 1. The molecule has 0 aromatic heterocycles. The number of amides is 1. The van der Waals surface area contributed by atoms with Crippen LogP contribution in [0.1, 0.15) is 52.9 Å². The van der Waals surface area contributed by atoms with Crippen LogP contribution in [0, 0.1) is 10.1 Å². The summed E-state index contributed by atoms with van der Waals surface area (Å²) >= 11 is 0. The second-order valence-electron chi connectivity index (χ2n) is 6.20. The van der Waals surface area contributed by atoms with Crippen LogP contribution in [0.4, 0.5) is 5.69 Å². The summed E-state index contributed by atoms with van der Waals surface area (Å²) in [6.45, 7) is 1.90. The van der Waals surface area contributed by atoms with Gasteiger partial charge in [0, 0.05) is 6.07 Å².